The third kappa shape index (κ3) is 5.69. The molecule has 0 aromatic heterocycles. The van der Waals surface area contributed by atoms with E-state index in [2.05, 4.69) is 6.58 Å². The summed E-state index contributed by atoms with van der Waals surface area (Å²) in [5.74, 6) is 0. The van der Waals surface area contributed by atoms with E-state index in [1.165, 1.54) is 0 Å². The van der Waals surface area contributed by atoms with Gasteiger partial charge in [-0.2, -0.15) is 0 Å². The average molecular weight is 242 g/mol. The van der Waals surface area contributed by atoms with Gasteiger partial charge in [0.1, 0.15) is 0 Å². The Balaban J connectivity index is 4.20. The van der Waals surface area contributed by atoms with Crippen molar-refractivity contribution in [1.29, 1.82) is 0 Å². The Morgan fingerprint density at radius 1 is 0.882 bits per heavy atom. The first kappa shape index (κ1) is 16.7. The minimum Gasteiger partial charge on any atom is -0.390 e. The minimum atomic E-state index is -0.604. The summed E-state index contributed by atoms with van der Waals surface area (Å²) in [6, 6.07) is 0. The van der Waals surface area contributed by atoms with Gasteiger partial charge >= 0.3 is 0 Å². The van der Waals surface area contributed by atoms with Crippen LogP contribution in [0.2, 0.25) is 0 Å². The molecule has 0 aliphatic rings. The van der Waals surface area contributed by atoms with E-state index < -0.39 is 11.2 Å². The normalized spacial score (nSPS) is 12.8. The number of rotatable bonds is 9. The molecule has 0 radical (unpaired) electrons. The lowest BCUT2D eigenvalue weighted by molar-refractivity contribution is 0.0176. The lowest BCUT2D eigenvalue weighted by Crippen LogP contribution is -2.29. The Bertz CT molecular complexity index is 225. The van der Waals surface area contributed by atoms with Gasteiger partial charge in [0.15, 0.2) is 0 Å². The Morgan fingerprint density at radius 2 is 1.29 bits per heavy atom. The zero-order chi connectivity index (χ0) is 13.5. The van der Waals surface area contributed by atoms with Gasteiger partial charge in [-0.15, -0.1) is 0 Å². The predicted molar refractivity (Wildman–Crippen MR) is 74.1 cm³/mol. The van der Waals surface area contributed by atoms with E-state index in [-0.39, 0.29) is 0 Å². The van der Waals surface area contributed by atoms with Crippen molar-refractivity contribution in [3.8, 4) is 0 Å². The third-order valence-electron chi connectivity index (χ3n) is 4.16. The minimum absolute atomic E-state index is 0.556. The van der Waals surface area contributed by atoms with E-state index in [1.54, 1.807) is 0 Å². The zero-order valence-corrected chi connectivity index (χ0v) is 12.1. The fraction of sp³-hybridized carbons (Fsp3) is 0.867. The Kier molecular flexibility index (Phi) is 7.03. The molecule has 0 amide bonds. The van der Waals surface area contributed by atoms with Crippen molar-refractivity contribution in [1.82, 2.24) is 0 Å². The van der Waals surface area contributed by atoms with E-state index in [1.807, 2.05) is 27.7 Å². The van der Waals surface area contributed by atoms with Crippen molar-refractivity contribution in [2.45, 2.75) is 83.8 Å². The van der Waals surface area contributed by atoms with E-state index in [4.69, 9.17) is 0 Å². The maximum Gasteiger partial charge on any atom is 0.0679 e. The lowest BCUT2D eigenvalue weighted by Gasteiger charge is -2.29. The van der Waals surface area contributed by atoms with Crippen LogP contribution in [0.3, 0.4) is 0 Å². The summed E-state index contributed by atoms with van der Waals surface area (Å²) >= 11 is 0. The highest BCUT2D eigenvalue weighted by Gasteiger charge is 2.25. The summed E-state index contributed by atoms with van der Waals surface area (Å²) in [4.78, 5) is 0. The summed E-state index contributed by atoms with van der Waals surface area (Å²) in [5.41, 5.74) is -0.107. The van der Waals surface area contributed by atoms with Gasteiger partial charge in [0.2, 0.25) is 0 Å². The molecule has 0 rings (SSSR count). The van der Waals surface area contributed by atoms with Gasteiger partial charge in [-0.3, -0.25) is 0 Å². The molecule has 2 heteroatoms. The largest absolute Gasteiger partial charge is 0.390 e. The smallest absolute Gasteiger partial charge is 0.0679 e. The Morgan fingerprint density at radius 3 is 1.65 bits per heavy atom. The standard InChI is InChI=1S/C15H30O2/c1-6-14(16,7-2)11-10-13(5)12-15(17,8-3)9-4/h16-17H,5-12H2,1-4H3. The topological polar surface area (TPSA) is 40.5 Å². The van der Waals surface area contributed by atoms with Gasteiger partial charge in [-0.05, 0) is 44.9 Å². The second-order valence-electron chi connectivity index (χ2n) is 5.29. The van der Waals surface area contributed by atoms with Crippen molar-refractivity contribution in [3.05, 3.63) is 12.2 Å². The lowest BCUT2D eigenvalue weighted by atomic mass is 9.85. The van der Waals surface area contributed by atoms with Gasteiger partial charge < -0.3 is 10.2 Å². The maximum absolute atomic E-state index is 10.2. The van der Waals surface area contributed by atoms with Crippen LogP contribution >= 0.6 is 0 Å². The molecule has 0 saturated heterocycles. The second kappa shape index (κ2) is 7.17. The predicted octanol–water partition coefficient (Wildman–Crippen LogP) is 3.82. The van der Waals surface area contributed by atoms with E-state index in [0.717, 1.165) is 44.1 Å². The van der Waals surface area contributed by atoms with Crippen molar-refractivity contribution >= 4 is 0 Å². The number of aliphatic hydroxyl groups is 2. The molecular weight excluding hydrogens is 212 g/mol. The maximum atomic E-state index is 10.2. The summed E-state index contributed by atoms with van der Waals surface area (Å²) in [6.07, 6.45) is 5.29. The molecule has 0 saturated carbocycles. The molecule has 0 unspecified atom stereocenters. The van der Waals surface area contributed by atoms with Gasteiger partial charge in [0.25, 0.3) is 0 Å². The van der Waals surface area contributed by atoms with E-state index in [9.17, 15) is 10.2 Å². The second-order valence-corrected chi connectivity index (χ2v) is 5.29. The first-order valence-electron chi connectivity index (χ1n) is 6.96. The molecule has 0 aromatic carbocycles. The molecule has 2 nitrogen and oxygen atoms in total. The van der Waals surface area contributed by atoms with Crippen LogP contribution in [0.4, 0.5) is 0 Å². The molecule has 102 valence electrons. The highest BCUT2D eigenvalue weighted by molar-refractivity contribution is 5.02. The van der Waals surface area contributed by atoms with Crippen LogP contribution in [0.25, 0.3) is 0 Å². The van der Waals surface area contributed by atoms with Crippen LogP contribution in [-0.4, -0.2) is 21.4 Å². The monoisotopic (exact) mass is 242 g/mol. The van der Waals surface area contributed by atoms with Gasteiger partial charge in [0.05, 0.1) is 11.2 Å². The highest BCUT2D eigenvalue weighted by atomic mass is 16.3. The summed E-state index contributed by atoms with van der Waals surface area (Å²) in [6.45, 7) is 12.1. The first-order valence-corrected chi connectivity index (χ1v) is 6.96. The summed E-state index contributed by atoms with van der Waals surface area (Å²) in [5, 5.41) is 20.4. The average Bonchev–Trinajstić information content (AvgIpc) is 2.35. The molecule has 17 heavy (non-hydrogen) atoms. The third-order valence-corrected chi connectivity index (χ3v) is 4.16. The van der Waals surface area contributed by atoms with Crippen LogP contribution in [-0.2, 0) is 0 Å². The summed E-state index contributed by atoms with van der Waals surface area (Å²) in [7, 11) is 0. The molecule has 0 aromatic rings. The molecule has 0 bridgehead atoms. The number of hydrogen-bond acceptors (Lipinski definition) is 2. The molecule has 0 heterocycles. The van der Waals surface area contributed by atoms with Crippen LogP contribution in [0.1, 0.15) is 72.6 Å². The molecule has 0 atom stereocenters. The van der Waals surface area contributed by atoms with Crippen LogP contribution in [0.5, 0.6) is 0 Å². The van der Waals surface area contributed by atoms with Crippen molar-refractivity contribution in [3.63, 3.8) is 0 Å². The molecule has 0 aliphatic heterocycles. The molecular formula is C15H30O2. The Labute approximate surface area is 107 Å². The van der Waals surface area contributed by atoms with Gasteiger partial charge in [-0.1, -0.05) is 39.8 Å². The fourth-order valence-corrected chi connectivity index (χ4v) is 2.07. The Hall–Kier alpha value is -0.340. The molecule has 0 fully saturated rings. The SMILES string of the molecule is C=C(CCC(O)(CC)CC)CC(O)(CC)CC. The highest BCUT2D eigenvalue weighted by Crippen LogP contribution is 2.29. The summed E-state index contributed by atoms with van der Waals surface area (Å²) < 4.78 is 0. The van der Waals surface area contributed by atoms with E-state index >= 15 is 0 Å². The fourth-order valence-electron chi connectivity index (χ4n) is 2.07. The van der Waals surface area contributed by atoms with Gasteiger partial charge in [-0.25, -0.2) is 0 Å². The zero-order valence-electron chi connectivity index (χ0n) is 12.1. The first-order chi connectivity index (χ1) is 7.84. The van der Waals surface area contributed by atoms with Crippen LogP contribution in [0, 0.1) is 0 Å². The van der Waals surface area contributed by atoms with Crippen LogP contribution in [0.15, 0.2) is 12.2 Å². The van der Waals surface area contributed by atoms with Crippen molar-refractivity contribution in [2.24, 2.45) is 0 Å². The molecule has 2 N–H and O–H groups in total. The quantitative estimate of drug-likeness (QED) is 0.603. The van der Waals surface area contributed by atoms with Gasteiger partial charge in [0, 0.05) is 0 Å². The van der Waals surface area contributed by atoms with Crippen molar-refractivity contribution < 1.29 is 10.2 Å². The van der Waals surface area contributed by atoms with Crippen molar-refractivity contribution in [2.75, 3.05) is 0 Å². The number of hydrogen-bond donors (Lipinski definition) is 2. The molecule has 0 aliphatic carbocycles. The van der Waals surface area contributed by atoms with E-state index in [0.29, 0.717) is 6.42 Å². The van der Waals surface area contributed by atoms with Crippen LogP contribution < -0.4 is 0 Å². The molecule has 0 spiro atoms.